The van der Waals surface area contributed by atoms with E-state index in [1.165, 1.54) is 0 Å². The Balaban J connectivity index is 2.55. The molecule has 1 aromatic heterocycles. The number of rotatable bonds is 4. The summed E-state index contributed by atoms with van der Waals surface area (Å²) in [5.74, 6) is 1.64. The van der Waals surface area contributed by atoms with E-state index in [9.17, 15) is 0 Å². The van der Waals surface area contributed by atoms with Gasteiger partial charge < -0.3 is 15.0 Å². The standard InChI is InChI=1S/C11H13N3O2S/c1-15-7-4-3-5-8(17-2)10(7)11-13-9(6-12)16-14-11/h3-5H,6,12H2,1-2H3. The van der Waals surface area contributed by atoms with Crippen molar-refractivity contribution in [3.05, 3.63) is 24.1 Å². The SMILES string of the molecule is COc1cccc(SC)c1-c1noc(CN)n1. The molecule has 6 heteroatoms. The Morgan fingerprint density at radius 3 is 2.88 bits per heavy atom. The molecule has 0 saturated heterocycles. The number of methoxy groups -OCH3 is 1. The molecule has 0 atom stereocenters. The summed E-state index contributed by atoms with van der Waals surface area (Å²) in [4.78, 5) is 5.26. The summed E-state index contributed by atoms with van der Waals surface area (Å²) in [5, 5.41) is 3.92. The van der Waals surface area contributed by atoms with Gasteiger partial charge in [-0.1, -0.05) is 11.2 Å². The maximum atomic E-state index is 5.45. The van der Waals surface area contributed by atoms with E-state index < -0.39 is 0 Å². The van der Waals surface area contributed by atoms with Gasteiger partial charge >= 0.3 is 0 Å². The number of ether oxygens (including phenoxy) is 1. The van der Waals surface area contributed by atoms with Crippen molar-refractivity contribution < 1.29 is 9.26 Å². The van der Waals surface area contributed by atoms with Crippen molar-refractivity contribution in [1.29, 1.82) is 0 Å². The quantitative estimate of drug-likeness (QED) is 0.837. The van der Waals surface area contributed by atoms with Gasteiger partial charge in [-0.15, -0.1) is 11.8 Å². The minimum atomic E-state index is 0.233. The van der Waals surface area contributed by atoms with Crippen LogP contribution in [-0.2, 0) is 6.54 Å². The Bertz CT molecular complexity index is 491. The van der Waals surface area contributed by atoms with E-state index in [2.05, 4.69) is 10.1 Å². The zero-order valence-corrected chi connectivity index (χ0v) is 10.5. The molecular weight excluding hydrogens is 238 g/mol. The fraction of sp³-hybridized carbons (Fsp3) is 0.273. The molecule has 0 radical (unpaired) electrons. The summed E-state index contributed by atoms with van der Waals surface area (Å²) in [6.45, 7) is 0.233. The number of benzene rings is 1. The second-order valence-corrected chi connectivity index (χ2v) is 4.10. The van der Waals surface area contributed by atoms with Crippen LogP contribution in [0.15, 0.2) is 27.6 Å². The third-order valence-electron chi connectivity index (χ3n) is 2.29. The van der Waals surface area contributed by atoms with Crippen LogP contribution in [-0.4, -0.2) is 23.5 Å². The second-order valence-electron chi connectivity index (χ2n) is 3.25. The normalized spacial score (nSPS) is 10.5. The summed E-state index contributed by atoms with van der Waals surface area (Å²) in [7, 11) is 1.62. The van der Waals surface area contributed by atoms with Gasteiger partial charge in [0.05, 0.1) is 19.2 Å². The molecule has 0 amide bonds. The summed E-state index contributed by atoms with van der Waals surface area (Å²) >= 11 is 1.60. The maximum Gasteiger partial charge on any atom is 0.240 e. The van der Waals surface area contributed by atoms with Crippen molar-refractivity contribution in [2.75, 3.05) is 13.4 Å². The zero-order valence-electron chi connectivity index (χ0n) is 9.64. The van der Waals surface area contributed by atoms with Crippen molar-refractivity contribution in [3.8, 4) is 17.1 Å². The van der Waals surface area contributed by atoms with Crippen molar-refractivity contribution in [1.82, 2.24) is 10.1 Å². The Morgan fingerprint density at radius 2 is 2.29 bits per heavy atom. The highest BCUT2D eigenvalue weighted by Gasteiger charge is 2.16. The third kappa shape index (κ3) is 2.27. The fourth-order valence-corrected chi connectivity index (χ4v) is 2.12. The van der Waals surface area contributed by atoms with Gasteiger partial charge in [0.1, 0.15) is 5.75 Å². The van der Waals surface area contributed by atoms with Gasteiger partial charge in [0.25, 0.3) is 0 Å². The number of hydrogen-bond acceptors (Lipinski definition) is 6. The van der Waals surface area contributed by atoms with E-state index in [1.807, 2.05) is 24.5 Å². The topological polar surface area (TPSA) is 74.2 Å². The molecule has 0 aliphatic rings. The first-order valence-corrected chi connectivity index (χ1v) is 6.26. The van der Waals surface area contributed by atoms with Crippen molar-refractivity contribution in [3.63, 3.8) is 0 Å². The Labute approximate surface area is 103 Å². The molecule has 0 unspecified atom stereocenters. The minimum absolute atomic E-state index is 0.233. The van der Waals surface area contributed by atoms with Gasteiger partial charge in [0.15, 0.2) is 0 Å². The van der Waals surface area contributed by atoms with Crippen LogP contribution in [0, 0.1) is 0 Å². The molecule has 0 bridgehead atoms. The molecule has 0 aliphatic heterocycles. The Morgan fingerprint density at radius 1 is 1.47 bits per heavy atom. The average molecular weight is 251 g/mol. The van der Waals surface area contributed by atoms with Crippen LogP contribution in [0.2, 0.25) is 0 Å². The lowest BCUT2D eigenvalue weighted by Crippen LogP contribution is -1.96. The predicted octanol–water partition coefficient (Wildman–Crippen LogP) is 1.93. The average Bonchev–Trinajstić information content (AvgIpc) is 2.86. The monoisotopic (exact) mass is 251 g/mol. The molecule has 1 aromatic carbocycles. The van der Waals surface area contributed by atoms with Gasteiger partial charge in [-0.25, -0.2) is 0 Å². The summed E-state index contributed by atoms with van der Waals surface area (Å²) in [5.41, 5.74) is 6.29. The van der Waals surface area contributed by atoms with E-state index in [1.54, 1.807) is 18.9 Å². The van der Waals surface area contributed by atoms with Gasteiger partial charge in [0.2, 0.25) is 11.7 Å². The maximum absolute atomic E-state index is 5.45. The predicted molar refractivity (Wildman–Crippen MR) is 66.0 cm³/mol. The summed E-state index contributed by atoms with van der Waals surface area (Å²) in [6.07, 6.45) is 1.99. The van der Waals surface area contributed by atoms with Crippen molar-refractivity contribution >= 4 is 11.8 Å². The highest BCUT2D eigenvalue weighted by Crippen LogP contribution is 2.36. The summed E-state index contributed by atoms with van der Waals surface area (Å²) < 4.78 is 10.3. The van der Waals surface area contributed by atoms with E-state index in [0.717, 1.165) is 16.2 Å². The highest BCUT2D eigenvalue weighted by molar-refractivity contribution is 7.98. The lowest BCUT2D eigenvalue weighted by molar-refractivity contribution is 0.379. The number of nitrogens with zero attached hydrogens (tertiary/aromatic N) is 2. The Hall–Kier alpha value is -1.53. The lowest BCUT2D eigenvalue weighted by atomic mass is 10.2. The van der Waals surface area contributed by atoms with Crippen LogP contribution < -0.4 is 10.5 Å². The molecule has 0 fully saturated rings. The molecule has 90 valence electrons. The largest absolute Gasteiger partial charge is 0.496 e. The molecule has 17 heavy (non-hydrogen) atoms. The number of nitrogens with two attached hydrogens (primary N) is 1. The molecule has 0 spiro atoms. The van der Waals surface area contributed by atoms with Crippen LogP contribution in [0.3, 0.4) is 0 Å². The van der Waals surface area contributed by atoms with E-state index in [4.69, 9.17) is 15.0 Å². The van der Waals surface area contributed by atoms with Gasteiger partial charge in [-0.2, -0.15) is 4.98 Å². The van der Waals surface area contributed by atoms with E-state index in [-0.39, 0.29) is 6.54 Å². The van der Waals surface area contributed by atoms with E-state index >= 15 is 0 Å². The van der Waals surface area contributed by atoms with Crippen LogP contribution in [0.4, 0.5) is 0 Å². The lowest BCUT2D eigenvalue weighted by Gasteiger charge is -2.08. The van der Waals surface area contributed by atoms with Crippen molar-refractivity contribution in [2.24, 2.45) is 5.73 Å². The molecular formula is C11H13N3O2S. The van der Waals surface area contributed by atoms with Crippen LogP contribution >= 0.6 is 11.8 Å². The molecule has 0 saturated carbocycles. The third-order valence-corrected chi connectivity index (χ3v) is 3.07. The second kappa shape index (κ2) is 5.20. The number of hydrogen-bond donors (Lipinski definition) is 1. The molecule has 2 N–H and O–H groups in total. The van der Waals surface area contributed by atoms with Gasteiger partial charge in [-0.3, -0.25) is 0 Å². The van der Waals surface area contributed by atoms with Gasteiger partial charge in [0, 0.05) is 4.90 Å². The molecule has 2 rings (SSSR count). The number of thioether (sulfide) groups is 1. The fourth-order valence-electron chi connectivity index (χ4n) is 1.51. The van der Waals surface area contributed by atoms with Crippen LogP contribution in [0.5, 0.6) is 5.75 Å². The van der Waals surface area contributed by atoms with Crippen LogP contribution in [0.25, 0.3) is 11.4 Å². The molecule has 5 nitrogen and oxygen atoms in total. The smallest absolute Gasteiger partial charge is 0.240 e. The molecule has 1 heterocycles. The van der Waals surface area contributed by atoms with Gasteiger partial charge in [-0.05, 0) is 18.4 Å². The molecule has 0 aliphatic carbocycles. The first-order chi connectivity index (χ1) is 8.30. The minimum Gasteiger partial charge on any atom is -0.496 e. The van der Waals surface area contributed by atoms with Crippen LogP contribution in [0.1, 0.15) is 5.89 Å². The highest BCUT2D eigenvalue weighted by atomic mass is 32.2. The zero-order chi connectivity index (χ0) is 12.3. The van der Waals surface area contributed by atoms with Crippen molar-refractivity contribution in [2.45, 2.75) is 11.4 Å². The van der Waals surface area contributed by atoms with E-state index in [0.29, 0.717) is 11.7 Å². The summed E-state index contributed by atoms with van der Waals surface area (Å²) in [6, 6.07) is 5.78. The first kappa shape index (κ1) is 11.9. The Kier molecular flexibility index (Phi) is 3.65. The number of aromatic nitrogens is 2. The first-order valence-electron chi connectivity index (χ1n) is 5.04. The molecule has 2 aromatic rings.